The van der Waals surface area contributed by atoms with Crippen LogP contribution in [-0.4, -0.2) is 46.2 Å². The predicted octanol–water partition coefficient (Wildman–Crippen LogP) is 12.3. The second kappa shape index (κ2) is 38.4. The molecule has 0 bridgehead atoms. The summed E-state index contributed by atoms with van der Waals surface area (Å²) in [5.41, 5.74) is 0. The standard InChI is InChI=1S/C39H79NO4/c1-4-6-8-10-12-14-16-18-20-22-24-26-28-31-38(37-40-39(41)44-34-30-33-43-36-35-42-3)32-29-27-25-23-21-19-17-15-13-11-9-7-5-2/h38H,4-37H2,1-3H3,(H,40,41). The number of methoxy groups -OCH3 is 1. The zero-order valence-electron chi connectivity index (χ0n) is 30.3. The molecule has 0 atom stereocenters. The molecule has 5 nitrogen and oxygen atoms in total. The predicted molar refractivity (Wildman–Crippen MR) is 191 cm³/mol. The molecule has 0 saturated heterocycles. The van der Waals surface area contributed by atoms with Crippen molar-refractivity contribution in [3.05, 3.63) is 0 Å². The van der Waals surface area contributed by atoms with Gasteiger partial charge in [0.05, 0.1) is 19.8 Å². The molecular weight excluding hydrogens is 546 g/mol. The maximum absolute atomic E-state index is 12.3. The van der Waals surface area contributed by atoms with Gasteiger partial charge in [0.1, 0.15) is 0 Å². The van der Waals surface area contributed by atoms with E-state index in [-0.39, 0.29) is 6.09 Å². The molecule has 0 rings (SSSR count). The summed E-state index contributed by atoms with van der Waals surface area (Å²) in [7, 11) is 1.67. The van der Waals surface area contributed by atoms with E-state index in [0.717, 1.165) is 13.0 Å². The van der Waals surface area contributed by atoms with E-state index < -0.39 is 0 Å². The molecule has 264 valence electrons. The first-order valence-corrected chi connectivity index (χ1v) is 19.7. The zero-order chi connectivity index (χ0) is 32.0. The van der Waals surface area contributed by atoms with E-state index in [1.165, 1.54) is 180 Å². The molecule has 0 aromatic heterocycles. The molecule has 0 unspecified atom stereocenters. The minimum atomic E-state index is -0.275. The van der Waals surface area contributed by atoms with Gasteiger partial charge in [0.15, 0.2) is 0 Å². The summed E-state index contributed by atoms with van der Waals surface area (Å²) in [5, 5.41) is 3.07. The van der Waals surface area contributed by atoms with Crippen LogP contribution in [0, 0.1) is 5.92 Å². The summed E-state index contributed by atoms with van der Waals surface area (Å²) in [5.74, 6) is 0.570. The van der Waals surface area contributed by atoms with Crippen LogP contribution >= 0.6 is 0 Å². The number of hydrogen-bond acceptors (Lipinski definition) is 4. The third-order valence-electron chi connectivity index (χ3n) is 9.06. The van der Waals surface area contributed by atoms with Crippen LogP contribution in [0.25, 0.3) is 0 Å². The average Bonchev–Trinajstić information content (AvgIpc) is 3.03. The van der Waals surface area contributed by atoms with Gasteiger partial charge in [-0.1, -0.05) is 181 Å². The van der Waals surface area contributed by atoms with Crippen molar-refractivity contribution in [1.82, 2.24) is 5.32 Å². The van der Waals surface area contributed by atoms with Crippen LogP contribution in [0.4, 0.5) is 4.79 Å². The second-order valence-corrected chi connectivity index (χ2v) is 13.4. The molecule has 0 aliphatic heterocycles. The smallest absolute Gasteiger partial charge is 0.407 e. The van der Waals surface area contributed by atoms with Gasteiger partial charge in [-0.05, 0) is 18.8 Å². The molecule has 0 heterocycles. The number of nitrogens with one attached hydrogen (secondary N) is 1. The maximum atomic E-state index is 12.3. The van der Waals surface area contributed by atoms with Crippen molar-refractivity contribution < 1.29 is 19.0 Å². The van der Waals surface area contributed by atoms with Crippen LogP contribution in [0.1, 0.15) is 200 Å². The van der Waals surface area contributed by atoms with E-state index in [4.69, 9.17) is 14.2 Å². The lowest BCUT2D eigenvalue weighted by Crippen LogP contribution is -2.30. The molecule has 1 N–H and O–H groups in total. The van der Waals surface area contributed by atoms with Crippen LogP contribution < -0.4 is 5.32 Å². The van der Waals surface area contributed by atoms with Gasteiger partial charge in [0.25, 0.3) is 0 Å². The van der Waals surface area contributed by atoms with Gasteiger partial charge in [-0.2, -0.15) is 0 Å². The number of alkyl carbamates (subject to hydrolysis) is 1. The Morgan fingerprint density at radius 3 is 1.25 bits per heavy atom. The fourth-order valence-corrected chi connectivity index (χ4v) is 6.10. The quantitative estimate of drug-likeness (QED) is 0.0698. The van der Waals surface area contributed by atoms with Crippen molar-refractivity contribution in [3.8, 4) is 0 Å². The van der Waals surface area contributed by atoms with Crippen LogP contribution in [0.5, 0.6) is 0 Å². The summed E-state index contributed by atoms with van der Waals surface area (Å²) < 4.78 is 15.8. The van der Waals surface area contributed by atoms with Gasteiger partial charge in [-0.25, -0.2) is 4.79 Å². The van der Waals surface area contributed by atoms with E-state index >= 15 is 0 Å². The first-order valence-electron chi connectivity index (χ1n) is 19.7. The van der Waals surface area contributed by atoms with Crippen LogP contribution in [0.15, 0.2) is 0 Å². The van der Waals surface area contributed by atoms with Crippen molar-refractivity contribution in [1.29, 1.82) is 0 Å². The molecule has 0 saturated carbocycles. The van der Waals surface area contributed by atoms with Gasteiger partial charge in [0.2, 0.25) is 0 Å². The topological polar surface area (TPSA) is 56.8 Å². The monoisotopic (exact) mass is 626 g/mol. The third kappa shape index (κ3) is 35.7. The normalized spacial score (nSPS) is 11.5. The summed E-state index contributed by atoms with van der Waals surface area (Å²) >= 11 is 0. The highest BCUT2D eigenvalue weighted by molar-refractivity contribution is 5.67. The van der Waals surface area contributed by atoms with Crippen molar-refractivity contribution in [2.75, 3.05) is 40.1 Å². The van der Waals surface area contributed by atoms with Gasteiger partial charge in [-0.3, -0.25) is 0 Å². The molecule has 0 fully saturated rings. The molecule has 1 amide bonds. The molecule has 44 heavy (non-hydrogen) atoms. The number of unbranched alkanes of at least 4 members (excludes halogenated alkanes) is 24. The first-order chi connectivity index (χ1) is 21.7. The Balaban J connectivity index is 4.02. The van der Waals surface area contributed by atoms with Gasteiger partial charge in [0, 0.05) is 26.7 Å². The maximum Gasteiger partial charge on any atom is 0.407 e. The lowest BCUT2D eigenvalue weighted by atomic mass is 9.94. The van der Waals surface area contributed by atoms with E-state index in [9.17, 15) is 4.79 Å². The summed E-state index contributed by atoms with van der Waals surface area (Å²) in [6.07, 6.45) is 39.1. The molecule has 0 aliphatic rings. The van der Waals surface area contributed by atoms with Gasteiger partial charge >= 0.3 is 6.09 Å². The summed E-state index contributed by atoms with van der Waals surface area (Å²) in [4.78, 5) is 12.3. The highest BCUT2D eigenvalue weighted by Gasteiger charge is 2.11. The van der Waals surface area contributed by atoms with Gasteiger partial charge < -0.3 is 19.5 Å². The average molecular weight is 626 g/mol. The van der Waals surface area contributed by atoms with Crippen molar-refractivity contribution in [2.45, 2.75) is 200 Å². The SMILES string of the molecule is CCCCCCCCCCCCCCCC(CCCCCCCCCCCCCCC)CNC(=O)OCCCOCCOC. The van der Waals surface area contributed by atoms with E-state index in [0.29, 0.717) is 32.3 Å². The molecule has 5 heteroatoms. The molecule has 0 aliphatic carbocycles. The lowest BCUT2D eigenvalue weighted by Gasteiger charge is -2.18. The third-order valence-corrected chi connectivity index (χ3v) is 9.06. The highest BCUT2D eigenvalue weighted by atomic mass is 16.6. The Labute approximate surface area is 276 Å². The number of carbonyl (C=O) groups excluding carboxylic acids is 1. The van der Waals surface area contributed by atoms with Crippen molar-refractivity contribution in [2.24, 2.45) is 5.92 Å². The number of hydrogen-bond donors (Lipinski definition) is 1. The summed E-state index contributed by atoms with van der Waals surface area (Å²) in [6.45, 7) is 7.52. The highest BCUT2D eigenvalue weighted by Crippen LogP contribution is 2.20. The first kappa shape index (κ1) is 43.2. The molecule has 0 spiro atoms. The largest absolute Gasteiger partial charge is 0.449 e. The fraction of sp³-hybridized carbons (Fsp3) is 0.974. The minimum absolute atomic E-state index is 0.275. The molecular formula is C39H79NO4. The van der Waals surface area contributed by atoms with Crippen LogP contribution in [0.2, 0.25) is 0 Å². The molecule has 0 aromatic rings. The summed E-state index contributed by atoms with van der Waals surface area (Å²) in [6, 6.07) is 0. The number of carbonyl (C=O) groups is 1. The number of rotatable bonds is 37. The minimum Gasteiger partial charge on any atom is -0.449 e. The van der Waals surface area contributed by atoms with E-state index in [1.54, 1.807) is 7.11 Å². The Bertz CT molecular complexity index is 514. The lowest BCUT2D eigenvalue weighted by molar-refractivity contribution is 0.0595. The zero-order valence-corrected chi connectivity index (χ0v) is 30.3. The Morgan fingerprint density at radius 1 is 0.477 bits per heavy atom. The van der Waals surface area contributed by atoms with Crippen LogP contribution in [-0.2, 0) is 14.2 Å². The molecule has 0 aromatic carbocycles. The Kier molecular flexibility index (Phi) is 37.7. The number of ether oxygens (including phenoxy) is 3. The van der Waals surface area contributed by atoms with E-state index in [2.05, 4.69) is 19.2 Å². The van der Waals surface area contributed by atoms with Gasteiger partial charge in [-0.15, -0.1) is 0 Å². The molecule has 0 radical (unpaired) electrons. The van der Waals surface area contributed by atoms with E-state index in [1.807, 2.05) is 0 Å². The van der Waals surface area contributed by atoms with Crippen molar-refractivity contribution >= 4 is 6.09 Å². The van der Waals surface area contributed by atoms with Crippen LogP contribution in [0.3, 0.4) is 0 Å². The Morgan fingerprint density at radius 2 is 0.864 bits per heavy atom. The second-order valence-electron chi connectivity index (χ2n) is 13.4. The Hall–Kier alpha value is -0.810. The number of amides is 1. The van der Waals surface area contributed by atoms with Crippen molar-refractivity contribution in [3.63, 3.8) is 0 Å². The fourth-order valence-electron chi connectivity index (χ4n) is 6.10.